The minimum absolute atomic E-state index is 0.386. The molecule has 0 saturated heterocycles. The van der Waals surface area contributed by atoms with Crippen molar-refractivity contribution in [3.63, 3.8) is 0 Å². The standard InChI is InChI=1S/C12H10B2O4S/c15-13-18-10-6-2-4-8-7-3-1-5-9(14(16)17)11(7)19-12(8)10/h1-6,13,15-17H. The van der Waals surface area contributed by atoms with Gasteiger partial charge in [-0.25, -0.2) is 0 Å². The minimum atomic E-state index is -1.50. The smallest absolute Gasteiger partial charge is 0.504 e. The monoisotopic (exact) mass is 272 g/mol. The summed E-state index contributed by atoms with van der Waals surface area (Å²) in [4.78, 5) is 0. The van der Waals surface area contributed by atoms with Gasteiger partial charge in [0.05, 0.1) is 4.70 Å². The second-order valence-electron chi connectivity index (χ2n) is 4.11. The summed E-state index contributed by atoms with van der Waals surface area (Å²) in [5.74, 6) is 0.597. The highest BCUT2D eigenvalue weighted by molar-refractivity contribution is 7.27. The Kier molecular flexibility index (Phi) is 3.20. The van der Waals surface area contributed by atoms with Crippen LogP contribution < -0.4 is 10.1 Å². The molecule has 0 aliphatic rings. The molecular weight excluding hydrogens is 262 g/mol. The van der Waals surface area contributed by atoms with Crippen molar-refractivity contribution in [1.82, 2.24) is 0 Å². The Labute approximate surface area is 114 Å². The molecule has 3 rings (SSSR count). The molecule has 0 amide bonds. The molecule has 1 aromatic heterocycles. The Morgan fingerprint density at radius 1 is 1.00 bits per heavy atom. The molecular formula is C12H10B2O4S. The highest BCUT2D eigenvalue weighted by Crippen LogP contribution is 2.38. The van der Waals surface area contributed by atoms with Crippen LogP contribution in [0.1, 0.15) is 0 Å². The largest absolute Gasteiger partial charge is 0.538 e. The molecule has 19 heavy (non-hydrogen) atoms. The maximum Gasteiger partial charge on any atom is 0.504 e. The molecule has 0 unspecified atom stereocenters. The number of fused-ring (bicyclic) bond motifs is 3. The summed E-state index contributed by atoms with van der Waals surface area (Å²) < 4.78 is 6.90. The van der Waals surface area contributed by atoms with Crippen molar-refractivity contribution in [2.75, 3.05) is 0 Å². The molecule has 3 N–H and O–H groups in total. The second-order valence-corrected chi connectivity index (χ2v) is 5.13. The molecule has 0 atom stereocenters. The van der Waals surface area contributed by atoms with Gasteiger partial charge in [0.25, 0.3) is 0 Å². The van der Waals surface area contributed by atoms with Gasteiger partial charge in [0, 0.05) is 15.5 Å². The van der Waals surface area contributed by atoms with Crippen LogP contribution in [0.4, 0.5) is 0 Å². The van der Waals surface area contributed by atoms with Crippen LogP contribution in [0.2, 0.25) is 0 Å². The van der Waals surface area contributed by atoms with E-state index in [9.17, 15) is 10.0 Å². The van der Waals surface area contributed by atoms with Crippen LogP contribution in [-0.4, -0.2) is 29.9 Å². The fourth-order valence-electron chi connectivity index (χ4n) is 2.20. The quantitative estimate of drug-likeness (QED) is 0.602. The number of rotatable bonds is 3. The van der Waals surface area contributed by atoms with Crippen LogP contribution in [0.3, 0.4) is 0 Å². The molecule has 0 bridgehead atoms. The molecule has 0 aliphatic heterocycles. The number of hydrogen-bond acceptors (Lipinski definition) is 5. The van der Waals surface area contributed by atoms with Crippen molar-refractivity contribution in [2.45, 2.75) is 0 Å². The molecule has 1 heterocycles. The predicted octanol–water partition coefficient (Wildman–Crippen LogP) is 0.372. The number of thiophene rings is 1. The molecule has 3 aromatic rings. The van der Waals surface area contributed by atoms with E-state index >= 15 is 0 Å². The Balaban J connectivity index is 2.38. The predicted molar refractivity (Wildman–Crippen MR) is 79.2 cm³/mol. The summed E-state index contributed by atoms with van der Waals surface area (Å²) in [7, 11) is -1.89. The van der Waals surface area contributed by atoms with Crippen LogP contribution in [0.5, 0.6) is 5.75 Å². The van der Waals surface area contributed by atoms with E-state index in [0.717, 1.165) is 20.2 Å². The molecule has 2 aromatic carbocycles. The van der Waals surface area contributed by atoms with E-state index in [0.29, 0.717) is 11.2 Å². The van der Waals surface area contributed by atoms with Gasteiger partial charge in [-0.3, -0.25) is 0 Å². The van der Waals surface area contributed by atoms with Gasteiger partial charge in [-0.15, -0.1) is 11.3 Å². The Hall–Kier alpha value is -1.53. The highest BCUT2D eigenvalue weighted by Gasteiger charge is 2.18. The maximum atomic E-state index is 9.41. The molecule has 0 fully saturated rings. The third-order valence-electron chi connectivity index (χ3n) is 3.02. The second kappa shape index (κ2) is 4.86. The zero-order valence-corrected chi connectivity index (χ0v) is 10.7. The van der Waals surface area contributed by atoms with E-state index in [2.05, 4.69) is 0 Å². The lowest BCUT2D eigenvalue weighted by Crippen LogP contribution is -2.29. The SMILES string of the molecule is OBOc1cccc2c1sc1c(B(O)O)cccc12. The van der Waals surface area contributed by atoms with E-state index in [1.54, 1.807) is 18.2 Å². The summed E-state index contributed by atoms with van der Waals surface area (Å²) in [6.45, 7) is 0. The third kappa shape index (κ3) is 2.01. The molecule has 94 valence electrons. The van der Waals surface area contributed by atoms with Crippen LogP contribution in [-0.2, 0) is 0 Å². The van der Waals surface area contributed by atoms with Gasteiger partial charge in [-0.1, -0.05) is 30.3 Å². The Morgan fingerprint density at radius 3 is 2.37 bits per heavy atom. The molecule has 0 saturated carbocycles. The maximum absolute atomic E-state index is 9.41. The van der Waals surface area contributed by atoms with Gasteiger partial charge in [0.1, 0.15) is 5.75 Å². The van der Waals surface area contributed by atoms with Gasteiger partial charge in [-0.2, -0.15) is 0 Å². The normalized spacial score (nSPS) is 10.9. The van der Waals surface area contributed by atoms with Crippen LogP contribution in [0.15, 0.2) is 36.4 Å². The van der Waals surface area contributed by atoms with Gasteiger partial charge >= 0.3 is 14.8 Å². The molecule has 0 spiro atoms. The van der Waals surface area contributed by atoms with E-state index in [1.165, 1.54) is 11.3 Å². The topological polar surface area (TPSA) is 69.9 Å². The molecule has 7 heteroatoms. The Bertz CT molecular complexity index is 741. The van der Waals surface area contributed by atoms with Gasteiger partial charge in [0.2, 0.25) is 0 Å². The fourth-order valence-corrected chi connectivity index (χ4v) is 3.50. The van der Waals surface area contributed by atoms with Gasteiger partial charge < -0.3 is 19.7 Å². The summed E-state index contributed by atoms with van der Waals surface area (Å²) in [6.07, 6.45) is 0. The van der Waals surface area contributed by atoms with Crippen molar-refractivity contribution in [3.8, 4) is 5.75 Å². The van der Waals surface area contributed by atoms with Crippen molar-refractivity contribution >= 4 is 51.8 Å². The third-order valence-corrected chi connectivity index (χ3v) is 4.30. The van der Waals surface area contributed by atoms with E-state index in [1.807, 2.05) is 18.2 Å². The molecule has 4 nitrogen and oxygen atoms in total. The van der Waals surface area contributed by atoms with Crippen LogP contribution in [0, 0.1) is 0 Å². The van der Waals surface area contributed by atoms with Crippen LogP contribution in [0.25, 0.3) is 20.2 Å². The lowest BCUT2D eigenvalue weighted by Gasteiger charge is -2.02. The lowest BCUT2D eigenvalue weighted by atomic mass is 9.80. The van der Waals surface area contributed by atoms with E-state index in [-0.39, 0.29) is 7.69 Å². The summed E-state index contributed by atoms with van der Waals surface area (Å²) in [5, 5.41) is 29.7. The minimum Gasteiger partial charge on any atom is -0.538 e. The number of benzene rings is 2. The van der Waals surface area contributed by atoms with Crippen LogP contribution >= 0.6 is 11.3 Å². The van der Waals surface area contributed by atoms with Crippen molar-refractivity contribution in [1.29, 1.82) is 0 Å². The fraction of sp³-hybridized carbons (Fsp3) is 0. The first-order chi connectivity index (χ1) is 9.22. The van der Waals surface area contributed by atoms with Crippen molar-refractivity contribution in [2.24, 2.45) is 0 Å². The molecule has 0 radical (unpaired) electrons. The van der Waals surface area contributed by atoms with Crippen molar-refractivity contribution < 1.29 is 19.7 Å². The zero-order chi connectivity index (χ0) is 13.4. The first-order valence-electron chi connectivity index (χ1n) is 5.76. The molecule has 0 aliphatic carbocycles. The first-order valence-corrected chi connectivity index (χ1v) is 6.58. The number of hydrogen-bond donors (Lipinski definition) is 3. The average Bonchev–Trinajstić information content (AvgIpc) is 2.78. The van der Waals surface area contributed by atoms with Crippen molar-refractivity contribution in [3.05, 3.63) is 36.4 Å². The average molecular weight is 272 g/mol. The first kappa shape index (κ1) is 12.5. The lowest BCUT2D eigenvalue weighted by molar-refractivity contribution is 0.426. The van der Waals surface area contributed by atoms with Gasteiger partial charge in [-0.05, 0) is 11.5 Å². The van der Waals surface area contributed by atoms with E-state index < -0.39 is 7.12 Å². The van der Waals surface area contributed by atoms with Gasteiger partial charge in [0.15, 0.2) is 0 Å². The Morgan fingerprint density at radius 2 is 1.68 bits per heavy atom. The zero-order valence-electron chi connectivity index (χ0n) is 9.91. The highest BCUT2D eigenvalue weighted by atomic mass is 32.1. The summed E-state index contributed by atoms with van der Waals surface area (Å²) >= 11 is 1.43. The summed E-state index contributed by atoms with van der Waals surface area (Å²) in [5.41, 5.74) is 0.480. The summed E-state index contributed by atoms with van der Waals surface area (Å²) in [6, 6.07) is 11.0. The van der Waals surface area contributed by atoms with E-state index in [4.69, 9.17) is 9.68 Å².